The van der Waals surface area contributed by atoms with Gasteiger partial charge in [0.2, 0.25) is 6.54 Å². The number of ether oxygens (including phenoxy) is 1. The minimum absolute atomic E-state index is 0.111. The topological polar surface area (TPSA) is 59.3 Å². The number of pyridine rings is 1. The van der Waals surface area contributed by atoms with E-state index < -0.39 is 0 Å². The van der Waals surface area contributed by atoms with Gasteiger partial charge in [-0.3, -0.25) is 4.79 Å². The molecule has 0 aliphatic carbocycles. The molecule has 0 aliphatic heterocycles. The molecular weight excluding hydrogens is 304 g/mol. The minimum atomic E-state index is -0.363. The van der Waals surface area contributed by atoms with Crippen LogP contribution in [0.25, 0.3) is 0 Å². The van der Waals surface area contributed by atoms with Gasteiger partial charge in [-0.05, 0) is 43.7 Å². The molecule has 1 N–H and O–H groups in total. The van der Waals surface area contributed by atoms with E-state index in [9.17, 15) is 9.59 Å². The summed E-state index contributed by atoms with van der Waals surface area (Å²) in [5.41, 5.74) is 3.33. The number of rotatable bonds is 6. The van der Waals surface area contributed by atoms with Gasteiger partial charge < -0.3 is 10.1 Å². The Morgan fingerprint density at radius 1 is 1.08 bits per heavy atom. The second-order valence-corrected chi connectivity index (χ2v) is 5.51. The van der Waals surface area contributed by atoms with E-state index >= 15 is 0 Å². The van der Waals surface area contributed by atoms with Crippen molar-refractivity contribution in [2.45, 2.75) is 33.7 Å². The molecule has 1 heterocycles. The van der Waals surface area contributed by atoms with Crippen LogP contribution >= 0.6 is 0 Å². The number of carbonyl (C=O) groups excluding carboxylic acids is 2. The maximum absolute atomic E-state index is 12.2. The van der Waals surface area contributed by atoms with Crippen LogP contribution in [0.15, 0.2) is 42.6 Å². The van der Waals surface area contributed by atoms with Gasteiger partial charge in [-0.1, -0.05) is 6.92 Å². The van der Waals surface area contributed by atoms with Crippen LogP contribution in [0.2, 0.25) is 0 Å². The number of nitrogens with one attached hydrogen (secondary N) is 1. The van der Waals surface area contributed by atoms with Gasteiger partial charge in [-0.15, -0.1) is 0 Å². The second-order valence-electron chi connectivity index (χ2n) is 5.51. The summed E-state index contributed by atoms with van der Waals surface area (Å²) in [5, 5.41) is 2.84. The maximum Gasteiger partial charge on any atom is 0.338 e. The summed E-state index contributed by atoms with van der Waals surface area (Å²) in [6.07, 6.45) is 2.93. The average molecular weight is 327 g/mol. The summed E-state index contributed by atoms with van der Waals surface area (Å²) in [6.45, 7) is 6.41. The Morgan fingerprint density at radius 2 is 1.79 bits per heavy atom. The normalized spacial score (nSPS) is 10.3. The van der Waals surface area contributed by atoms with Crippen LogP contribution in [0.3, 0.4) is 0 Å². The number of nitrogens with zero attached hydrogens (tertiary/aromatic N) is 1. The van der Waals surface area contributed by atoms with Crippen molar-refractivity contribution in [3.05, 3.63) is 59.4 Å². The number of esters is 1. The fourth-order valence-electron chi connectivity index (χ4n) is 2.31. The Bertz CT molecular complexity index is 724. The van der Waals surface area contributed by atoms with Gasteiger partial charge in [-0.25, -0.2) is 4.79 Å². The highest BCUT2D eigenvalue weighted by atomic mass is 16.5. The predicted octanol–water partition coefficient (Wildman–Crippen LogP) is 2.66. The Balaban J connectivity index is 2.01. The Kier molecular flexibility index (Phi) is 6.07. The average Bonchev–Trinajstić information content (AvgIpc) is 2.57. The first-order valence-corrected chi connectivity index (χ1v) is 8.09. The summed E-state index contributed by atoms with van der Waals surface area (Å²) in [4.78, 5) is 23.8. The highest BCUT2D eigenvalue weighted by Crippen LogP contribution is 2.10. The van der Waals surface area contributed by atoms with E-state index in [0.717, 1.165) is 12.1 Å². The first-order chi connectivity index (χ1) is 11.5. The molecule has 0 fully saturated rings. The molecule has 0 aliphatic rings. The number of aromatic nitrogens is 1. The smallest absolute Gasteiger partial charge is 0.338 e. The maximum atomic E-state index is 12.2. The van der Waals surface area contributed by atoms with E-state index in [4.69, 9.17) is 4.74 Å². The van der Waals surface area contributed by atoms with Crippen molar-refractivity contribution in [3.63, 3.8) is 0 Å². The van der Waals surface area contributed by atoms with Gasteiger partial charge in [-0.2, -0.15) is 4.57 Å². The third-order valence-corrected chi connectivity index (χ3v) is 3.72. The number of aryl methyl sites for hydroxylation is 2. The van der Waals surface area contributed by atoms with Crippen LogP contribution in [0.4, 0.5) is 5.69 Å². The second kappa shape index (κ2) is 8.24. The van der Waals surface area contributed by atoms with Gasteiger partial charge in [0.1, 0.15) is 0 Å². The predicted molar refractivity (Wildman–Crippen MR) is 91.8 cm³/mol. The number of benzene rings is 1. The molecule has 0 saturated carbocycles. The zero-order valence-corrected chi connectivity index (χ0v) is 14.3. The molecule has 5 nitrogen and oxygen atoms in total. The Hall–Kier alpha value is -2.69. The first kappa shape index (κ1) is 17.7. The fraction of sp³-hybridized carbons (Fsp3) is 0.316. The van der Waals surface area contributed by atoms with E-state index in [1.807, 2.05) is 23.8 Å². The molecule has 1 aromatic heterocycles. The monoisotopic (exact) mass is 327 g/mol. The summed E-state index contributed by atoms with van der Waals surface area (Å²) in [6, 6.07) is 10.8. The number of carbonyl (C=O) groups is 2. The molecule has 2 rings (SSSR count). The number of amides is 1. The highest BCUT2D eigenvalue weighted by Gasteiger charge is 2.14. The van der Waals surface area contributed by atoms with E-state index in [0.29, 0.717) is 17.9 Å². The largest absolute Gasteiger partial charge is 0.462 e. The van der Waals surface area contributed by atoms with Gasteiger partial charge in [0.15, 0.2) is 11.9 Å². The molecule has 0 saturated heterocycles. The first-order valence-electron chi connectivity index (χ1n) is 8.09. The summed E-state index contributed by atoms with van der Waals surface area (Å²) in [5.74, 6) is -0.474. The van der Waals surface area contributed by atoms with Gasteiger partial charge >= 0.3 is 5.97 Å². The molecule has 24 heavy (non-hydrogen) atoms. The minimum Gasteiger partial charge on any atom is -0.462 e. The third kappa shape index (κ3) is 4.65. The van der Waals surface area contributed by atoms with Crippen LogP contribution in [0.1, 0.15) is 35.5 Å². The number of hydrogen-bond donors (Lipinski definition) is 1. The molecule has 0 atom stereocenters. The standard InChI is InChI=1S/C19H22N2O3/c1-4-15-7-6-14(3)21(12-15)13-18(22)20-17-10-8-16(9-11-17)19(23)24-5-2/h6-12H,4-5,13H2,1-3H3/p+1. The highest BCUT2D eigenvalue weighted by molar-refractivity contribution is 5.92. The van der Waals surface area contributed by atoms with Crippen LogP contribution in [-0.4, -0.2) is 18.5 Å². The van der Waals surface area contributed by atoms with Gasteiger partial charge in [0.25, 0.3) is 5.91 Å². The summed E-state index contributed by atoms with van der Waals surface area (Å²) >= 11 is 0. The van der Waals surface area contributed by atoms with Crippen molar-refractivity contribution in [2.24, 2.45) is 0 Å². The van der Waals surface area contributed by atoms with Crippen LogP contribution in [0, 0.1) is 6.92 Å². The fourth-order valence-corrected chi connectivity index (χ4v) is 2.31. The van der Waals surface area contributed by atoms with Crippen molar-refractivity contribution < 1.29 is 18.9 Å². The lowest BCUT2D eigenvalue weighted by Gasteiger charge is -2.06. The van der Waals surface area contributed by atoms with Crippen molar-refractivity contribution in [3.8, 4) is 0 Å². The van der Waals surface area contributed by atoms with Crippen molar-refractivity contribution in [1.29, 1.82) is 0 Å². The van der Waals surface area contributed by atoms with E-state index in [1.165, 1.54) is 5.56 Å². The summed E-state index contributed by atoms with van der Waals surface area (Å²) < 4.78 is 6.86. The SMILES string of the molecule is CCOC(=O)c1ccc(NC(=O)C[n+]2cc(CC)ccc2C)cc1. The van der Waals surface area contributed by atoms with Crippen LogP contribution in [0.5, 0.6) is 0 Å². The van der Waals surface area contributed by atoms with Crippen LogP contribution in [-0.2, 0) is 22.5 Å². The van der Waals surface area contributed by atoms with E-state index in [-0.39, 0.29) is 18.4 Å². The zero-order valence-electron chi connectivity index (χ0n) is 14.3. The molecule has 126 valence electrons. The third-order valence-electron chi connectivity index (χ3n) is 3.72. The molecule has 0 spiro atoms. The van der Waals surface area contributed by atoms with Crippen molar-refractivity contribution in [1.82, 2.24) is 0 Å². The van der Waals surface area contributed by atoms with Crippen LogP contribution < -0.4 is 9.88 Å². The number of hydrogen-bond acceptors (Lipinski definition) is 3. The Morgan fingerprint density at radius 3 is 2.42 bits per heavy atom. The van der Waals surface area contributed by atoms with Gasteiger partial charge in [0, 0.05) is 24.2 Å². The summed E-state index contributed by atoms with van der Waals surface area (Å²) in [7, 11) is 0. The molecule has 0 unspecified atom stereocenters. The van der Waals surface area contributed by atoms with Gasteiger partial charge in [0.05, 0.1) is 12.2 Å². The quantitative estimate of drug-likeness (QED) is 0.655. The van der Waals surface area contributed by atoms with E-state index in [1.54, 1.807) is 31.2 Å². The molecular formula is C19H23N2O3+. The van der Waals surface area contributed by atoms with Crippen molar-refractivity contribution in [2.75, 3.05) is 11.9 Å². The molecule has 1 amide bonds. The van der Waals surface area contributed by atoms with E-state index in [2.05, 4.69) is 18.3 Å². The Labute approximate surface area is 142 Å². The molecule has 5 heteroatoms. The molecule has 2 aromatic rings. The lowest BCUT2D eigenvalue weighted by molar-refractivity contribution is -0.690. The van der Waals surface area contributed by atoms with Crippen molar-refractivity contribution >= 4 is 17.6 Å². The molecule has 0 radical (unpaired) electrons. The molecule has 0 bridgehead atoms. The molecule has 1 aromatic carbocycles. The zero-order chi connectivity index (χ0) is 17.5. The lowest BCUT2D eigenvalue weighted by atomic mass is 10.2. The lowest BCUT2D eigenvalue weighted by Crippen LogP contribution is -2.43. The number of anilines is 1.